The molecule has 0 unspecified atom stereocenters. The summed E-state index contributed by atoms with van der Waals surface area (Å²) >= 11 is 0. The highest BCUT2D eigenvalue weighted by Crippen LogP contribution is 2.23. The minimum Gasteiger partial charge on any atom is -0.366 e. The van der Waals surface area contributed by atoms with E-state index in [9.17, 15) is 4.79 Å². The Morgan fingerprint density at radius 3 is 2.67 bits per heavy atom. The van der Waals surface area contributed by atoms with Crippen LogP contribution >= 0.6 is 0 Å². The van der Waals surface area contributed by atoms with Crippen molar-refractivity contribution in [1.82, 2.24) is 15.3 Å². The molecule has 0 saturated carbocycles. The molecule has 5 nitrogen and oxygen atoms in total. The quantitative estimate of drug-likeness (QED) is 0.684. The third-order valence-electron chi connectivity index (χ3n) is 3.39. The Balaban J connectivity index is 2.04. The van der Waals surface area contributed by atoms with Gasteiger partial charge in [-0.1, -0.05) is 30.3 Å². The lowest BCUT2D eigenvalue weighted by molar-refractivity contribution is 0.100. The molecular formula is C16H16N4O. The van der Waals surface area contributed by atoms with Crippen LogP contribution < -0.4 is 11.1 Å². The molecule has 106 valence electrons. The first kappa shape index (κ1) is 13.3. The van der Waals surface area contributed by atoms with E-state index in [2.05, 4.69) is 15.3 Å². The van der Waals surface area contributed by atoms with Crippen LogP contribution in [0.1, 0.15) is 15.9 Å². The predicted octanol–water partition coefficient (Wildman–Crippen LogP) is 2.05. The van der Waals surface area contributed by atoms with E-state index in [-0.39, 0.29) is 0 Å². The molecule has 1 heterocycles. The number of aromatic nitrogens is 2. The van der Waals surface area contributed by atoms with Crippen LogP contribution in [0.3, 0.4) is 0 Å². The van der Waals surface area contributed by atoms with Crippen molar-refractivity contribution in [3.63, 3.8) is 0 Å². The molecule has 0 radical (unpaired) electrons. The van der Waals surface area contributed by atoms with E-state index < -0.39 is 5.91 Å². The van der Waals surface area contributed by atoms with Crippen molar-refractivity contribution in [2.24, 2.45) is 5.73 Å². The molecule has 4 N–H and O–H groups in total. The van der Waals surface area contributed by atoms with Gasteiger partial charge in [0.2, 0.25) is 0 Å². The van der Waals surface area contributed by atoms with Gasteiger partial charge in [-0.3, -0.25) is 4.79 Å². The standard InChI is InChI=1S/C16H16N4O/c1-18-9-10-5-7-11(8-6-10)16-19-13-4-2-3-12(15(17)21)14(13)20-16/h2-8,18H,9H2,1H3,(H2,17,21)(H,19,20). The summed E-state index contributed by atoms with van der Waals surface area (Å²) in [5.74, 6) is 0.262. The second-order valence-electron chi connectivity index (χ2n) is 4.88. The highest BCUT2D eigenvalue weighted by molar-refractivity contribution is 6.04. The number of para-hydroxylation sites is 1. The molecule has 1 amide bonds. The van der Waals surface area contributed by atoms with Gasteiger partial charge < -0.3 is 16.0 Å². The molecule has 0 spiro atoms. The Hall–Kier alpha value is -2.66. The lowest BCUT2D eigenvalue weighted by Crippen LogP contribution is -2.11. The number of carbonyl (C=O) groups is 1. The zero-order valence-electron chi connectivity index (χ0n) is 11.7. The van der Waals surface area contributed by atoms with Gasteiger partial charge in [0, 0.05) is 12.1 Å². The molecular weight excluding hydrogens is 264 g/mol. The number of rotatable bonds is 4. The summed E-state index contributed by atoms with van der Waals surface area (Å²) in [4.78, 5) is 19.2. The first-order chi connectivity index (χ1) is 10.2. The first-order valence-electron chi connectivity index (χ1n) is 6.71. The number of benzene rings is 2. The summed E-state index contributed by atoms with van der Waals surface area (Å²) in [6.07, 6.45) is 0. The van der Waals surface area contributed by atoms with Gasteiger partial charge in [0.1, 0.15) is 11.3 Å². The Labute approximate surface area is 122 Å². The molecule has 3 aromatic rings. The van der Waals surface area contributed by atoms with Crippen LogP contribution in [0.15, 0.2) is 42.5 Å². The highest BCUT2D eigenvalue weighted by atomic mass is 16.1. The van der Waals surface area contributed by atoms with E-state index >= 15 is 0 Å². The van der Waals surface area contributed by atoms with Crippen LogP contribution in [0.25, 0.3) is 22.4 Å². The molecule has 0 bridgehead atoms. The van der Waals surface area contributed by atoms with Crippen molar-refractivity contribution in [3.05, 3.63) is 53.6 Å². The second kappa shape index (κ2) is 5.38. The van der Waals surface area contributed by atoms with Crippen LogP contribution in [0.5, 0.6) is 0 Å². The van der Waals surface area contributed by atoms with Crippen LogP contribution in [0, 0.1) is 0 Å². The van der Waals surface area contributed by atoms with Crippen LogP contribution in [0.4, 0.5) is 0 Å². The summed E-state index contributed by atoms with van der Waals surface area (Å²) in [5.41, 5.74) is 9.41. The van der Waals surface area contributed by atoms with Crippen LogP contribution in [-0.2, 0) is 6.54 Å². The molecule has 0 fully saturated rings. The van der Waals surface area contributed by atoms with Gasteiger partial charge in [0.15, 0.2) is 0 Å². The van der Waals surface area contributed by atoms with E-state index in [1.807, 2.05) is 37.4 Å². The number of H-pyrrole nitrogens is 1. The fourth-order valence-corrected chi connectivity index (χ4v) is 2.35. The zero-order chi connectivity index (χ0) is 14.8. The molecule has 0 saturated heterocycles. The summed E-state index contributed by atoms with van der Waals surface area (Å²) in [5, 5.41) is 3.11. The number of fused-ring (bicyclic) bond motifs is 1. The number of amides is 1. The van der Waals surface area contributed by atoms with Crippen molar-refractivity contribution in [2.45, 2.75) is 6.54 Å². The Morgan fingerprint density at radius 1 is 1.24 bits per heavy atom. The normalized spacial score (nSPS) is 10.9. The van der Waals surface area contributed by atoms with Gasteiger partial charge >= 0.3 is 0 Å². The number of nitrogens with one attached hydrogen (secondary N) is 2. The van der Waals surface area contributed by atoms with Gasteiger partial charge in [-0.2, -0.15) is 0 Å². The van der Waals surface area contributed by atoms with Crippen molar-refractivity contribution >= 4 is 16.9 Å². The minimum absolute atomic E-state index is 0.432. The third-order valence-corrected chi connectivity index (χ3v) is 3.39. The summed E-state index contributed by atoms with van der Waals surface area (Å²) in [7, 11) is 1.92. The monoisotopic (exact) mass is 280 g/mol. The van der Waals surface area contributed by atoms with E-state index in [0.29, 0.717) is 11.1 Å². The van der Waals surface area contributed by atoms with Gasteiger partial charge in [-0.25, -0.2) is 4.98 Å². The first-order valence-corrected chi connectivity index (χ1v) is 6.71. The fourth-order valence-electron chi connectivity index (χ4n) is 2.35. The van der Waals surface area contributed by atoms with Gasteiger partial charge in [0.25, 0.3) is 5.91 Å². The SMILES string of the molecule is CNCc1ccc(-c2nc3c(C(N)=O)cccc3[nH]2)cc1. The van der Waals surface area contributed by atoms with Crippen molar-refractivity contribution in [3.8, 4) is 11.4 Å². The Morgan fingerprint density at radius 2 is 2.00 bits per heavy atom. The maximum Gasteiger partial charge on any atom is 0.250 e. The number of nitrogens with zero attached hydrogens (tertiary/aromatic N) is 1. The second-order valence-corrected chi connectivity index (χ2v) is 4.88. The maximum atomic E-state index is 11.4. The Bertz CT molecular complexity index is 790. The van der Waals surface area contributed by atoms with Gasteiger partial charge in [0.05, 0.1) is 11.1 Å². The number of hydrogen-bond acceptors (Lipinski definition) is 3. The highest BCUT2D eigenvalue weighted by Gasteiger charge is 2.11. The summed E-state index contributed by atoms with van der Waals surface area (Å²) in [6.45, 7) is 0.826. The van der Waals surface area contributed by atoms with Crippen LogP contribution in [0.2, 0.25) is 0 Å². The minimum atomic E-state index is -0.469. The number of imidazole rings is 1. The lowest BCUT2D eigenvalue weighted by Gasteiger charge is -2.01. The topological polar surface area (TPSA) is 83.8 Å². The smallest absolute Gasteiger partial charge is 0.250 e. The molecule has 0 aliphatic heterocycles. The number of nitrogens with two attached hydrogens (primary N) is 1. The number of aromatic amines is 1. The average Bonchev–Trinajstić information content (AvgIpc) is 2.92. The summed E-state index contributed by atoms with van der Waals surface area (Å²) < 4.78 is 0. The van der Waals surface area contributed by atoms with Crippen LogP contribution in [-0.4, -0.2) is 22.9 Å². The molecule has 2 aromatic carbocycles. The van der Waals surface area contributed by atoms with E-state index in [4.69, 9.17) is 5.73 Å². The molecule has 3 rings (SSSR count). The van der Waals surface area contributed by atoms with Crippen molar-refractivity contribution in [1.29, 1.82) is 0 Å². The molecule has 0 aliphatic carbocycles. The van der Waals surface area contributed by atoms with E-state index in [1.54, 1.807) is 12.1 Å². The zero-order valence-corrected chi connectivity index (χ0v) is 11.7. The molecule has 0 aliphatic rings. The lowest BCUT2D eigenvalue weighted by atomic mass is 10.1. The van der Waals surface area contributed by atoms with Crippen molar-refractivity contribution < 1.29 is 4.79 Å². The largest absolute Gasteiger partial charge is 0.366 e. The fraction of sp³-hybridized carbons (Fsp3) is 0.125. The molecule has 5 heteroatoms. The summed E-state index contributed by atoms with van der Waals surface area (Å²) in [6, 6.07) is 13.5. The number of carbonyl (C=O) groups excluding carboxylic acids is 1. The van der Waals surface area contributed by atoms with Gasteiger partial charge in [-0.15, -0.1) is 0 Å². The van der Waals surface area contributed by atoms with Gasteiger partial charge in [-0.05, 0) is 24.7 Å². The average molecular weight is 280 g/mol. The van der Waals surface area contributed by atoms with E-state index in [0.717, 1.165) is 23.4 Å². The van der Waals surface area contributed by atoms with Crippen molar-refractivity contribution in [2.75, 3.05) is 7.05 Å². The number of hydrogen-bond donors (Lipinski definition) is 3. The molecule has 1 aromatic heterocycles. The van der Waals surface area contributed by atoms with E-state index in [1.165, 1.54) is 5.56 Å². The predicted molar refractivity (Wildman–Crippen MR) is 82.8 cm³/mol. The maximum absolute atomic E-state index is 11.4. The third kappa shape index (κ3) is 2.51. The Kier molecular flexibility index (Phi) is 3.41. The molecule has 0 atom stereocenters. The number of primary amides is 1. The molecule has 21 heavy (non-hydrogen) atoms.